The summed E-state index contributed by atoms with van der Waals surface area (Å²) in [4.78, 5) is 15.7. The number of carbonyl (C=O) groups is 1. The minimum Gasteiger partial charge on any atom is -0.369 e. The highest BCUT2D eigenvalue weighted by Gasteiger charge is 2.19. The number of rotatable bonds is 3. The van der Waals surface area contributed by atoms with Crippen molar-refractivity contribution in [2.45, 2.75) is 19.9 Å². The number of nitrogens with one attached hydrogen (secondary N) is 1. The molecule has 20 heavy (non-hydrogen) atoms. The van der Waals surface area contributed by atoms with Crippen molar-refractivity contribution in [2.75, 3.05) is 38.1 Å². The Balaban J connectivity index is 2.19. The zero-order valence-electron chi connectivity index (χ0n) is 12.2. The molecule has 2 rings (SSSR count). The van der Waals surface area contributed by atoms with Gasteiger partial charge in [-0.25, -0.2) is 0 Å². The van der Waals surface area contributed by atoms with Gasteiger partial charge in [-0.3, -0.25) is 4.79 Å². The van der Waals surface area contributed by atoms with Crippen LogP contribution >= 0.6 is 11.6 Å². The average molecular weight is 296 g/mol. The van der Waals surface area contributed by atoms with Gasteiger partial charge in [0.05, 0.1) is 0 Å². The van der Waals surface area contributed by atoms with E-state index in [9.17, 15) is 4.79 Å². The van der Waals surface area contributed by atoms with Crippen molar-refractivity contribution in [1.29, 1.82) is 0 Å². The van der Waals surface area contributed by atoms with E-state index in [-0.39, 0.29) is 5.91 Å². The van der Waals surface area contributed by atoms with Gasteiger partial charge in [-0.2, -0.15) is 0 Å². The van der Waals surface area contributed by atoms with Crippen molar-refractivity contribution in [3.05, 3.63) is 28.8 Å². The van der Waals surface area contributed by atoms with E-state index in [1.54, 1.807) is 6.92 Å². The Morgan fingerprint density at radius 2 is 2.10 bits per heavy atom. The van der Waals surface area contributed by atoms with Crippen molar-refractivity contribution < 1.29 is 4.79 Å². The van der Waals surface area contributed by atoms with E-state index in [0.29, 0.717) is 0 Å². The van der Waals surface area contributed by atoms with E-state index in [4.69, 9.17) is 11.6 Å². The Morgan fingerprint density at radius 1 is 1.30 bits per heavy atom. The number of hydrogen-bond donors (Lipinski definition) is 1. The molecule has 0 atom stereocenters. The van der Waals surface area contributed by atoms with Crippen molar-refractivity contribution >= 4 is 23.2 Å². The number of amides is 1. The van der Waals surface area contributed by atoms with Gasteiger partial charge in [-0.15, -0.1) is 0 Å². The van der Waals surface area contributed by atoms with Gasteiger partial charge >= 0.3 is 0 Å². The van der Waals surface area contributed by atoms with Gasteiger partial charge in [0, 0.05) is 55.9 Å². The van der Waals surface area contributed by atoms with Crippen LogP contribution in [0.5, 0.6) is 0 Å². The van der Waals surface area contributed by atoms with Crippen LogP contribution in [0.15, 0.2) is 18.2 Å². The zero-order valence-corrected chi connectivity index (χ0v) is 12.9. The molecule has 1 aromatic rings. The van der Waals surface area contributed by atoms with Crippen LogP contribution in [0.4, 0.5) is 5.69 Å². The molecule has 0 unspecified atom stereocenters. The molecule has 0 aliphatic carbocycles. The first kappa shape index (κ1) is 15.1. The van der Waals surface area contributed by atoms with Crippen LogP contribution in [0.25, 0.3) is 0 Å². The van der Waals surface area contributed by atoms with E-state index in [2.05, 4.69) is 16.3 Å². The predicted molar refractivity (Wildman–Crippen MR) is 83.3 cm³/mol. The van der Waals surface area contributed by atoms with E-state index in [0.717, 1.165) is 49.7 Å². The Morgan fingerprint density at radius 3 is 2.80 bits per heavy atom. The molecule has 1 aliphatic heterocycles. The first-order chi connectivity index (χ1) is 9.63. The summed E-state index contributed by atoms with van der Waals surface area (Å²) in [5.74, 6) is 0.161. The first-order valence-corrected chi connectivity index (χ1v) is 7.43. The summed E-state index contributed by atoms with van der Waals surface area (Å²) in [5, 5.41) is 3.97. The molecule has 5 heteroatoms. The lowest BCUT2D eigenvalue weighted by Gasteiger charge is -2.26. The molecule has 0 saturated carbocycles. The average Bonchev–Trinajstić information content (AvgIpc) is 2.67. The molecule has 0 spiro atoms. The highest BCUT2D eigenvalue weighted by Crippen LogP contribution is 2.28. The third kappa shape index (κ3) is 3.44. The fraction of sp³-hybridized carbons (Fsp3) is 0.533. The van der Waals surface area contributed by atoms with Crippen molar-refractivity contribution in [3.8, 4) is 0 Å². The van der Waals surface area contributed by atoms with Gasteiger partial charge in [0.15, 0.2) is 0 Å². The number of hydrogen-bond acceptors (Lipinski definition) is 3. The summed E-state index contributed by atoms with van der Waals surface area (Å²) in [6.45, 7) is 5.83. The van der Waals surface area contributed by atoms with Crippen LogP contribution in [0, 0.1) is 0 Å². The quantitative estimate of drug-likeness (QED) is 0.928. The topological polar surface area (TPSA) is 35.6 Å². The van der Waals surface area contributed by atoms with Gasteiger partial charge in [-0.05, 0) is 25.6 Å². The standard InChI is InChI=1S/C15H22ClN3O/c1-12(20)18-7-4-8-19(10-9-18)15-6-3-5-14(16)13(15)11-17-2/h3,5-6,17H,4,7-11H2,1-2H3. The minimum absolute atomic E-state index is 0.161. The normalized spacial score (nSPS) is 16.1. The molecule has 1 aromatic carbocycles. The zero-order chi connectivity index (χ0) is 14.5. The molecular formula is C15H22ClN3O. The maximum atomic E-state index is 11.5. The molecule has 1 fully saturated rings. The van der Waals surface area contributed by atoms with Crippen LogP contribution in [-0.4, -0.2) is 44.0 Å². The van der Waals surface area contributed by atoms with Crippen LogP contribution in [0.2, 0.25) is 5.02 Å². The first-order valence-electron chi connectivity index (χ1n) is 7.06. The van der Waals surface area contributed by atoms with Crippen molar-refractivity contribution in [2.24, 2.45) is 0 Å². The van der Waals surface area contributed by atoms with Gasteiger partial charge in [-0.1, -0.05) is 17.7 Å². The minimum atomic E-state index is 0.161. The lowest BCUT2D eigenvalue weighted by molar-refractivity contribution is -0.128. The monoisotopic (exact) mass is 295 g/mol. The van der Waals surface area contributed by atoms with Crippen LogP contribution in [-0.2, 0) is 11.3 Å². The van der Waals surface area contributed by atoms with Crippen LogP contribution < -0.4 is 10.2 Å². The molecule has 1 amide bonds. The summed E-state index contributed by atoms with van der Waals surface area (Å²) in [7, 11) is 1.92. The molecule has 0 bridgehead atoms. The predicted octanol–water partition coefficient (Wildman–Crippen LogP) is 2.12. The lowest BCUT2D eigenvalue weighted by atomic mass is 10.1. The Labute approximate surface area is 125 Å². The SMILES string of the molecule is CNCc1c(Cl)cccc1N1CCCN(C(C)=O)CC1. The second kappa shape index (κ2) is 6.95. The molecule has 0 radical (unpaired) electrons. The maximum absolute atomic E-state index is 11.5. The van der Waals surface area contributed by atoms with Crippen LogP contribution in [0.3, 0.4) is 0 Å². The summed E-state index contributed by atoms with van der Waals surface area (Å²) >= 11 is 6.32. The summed E-state index contributed by atoms with van der Waals surface area (Å²) in [6, 6.07) is 6.03. The molecule has 4 nitrogen and oxygen atoms in total. The lowest BCUT2D eigenvalue weighted by Crippen LogP contribution is -2.34. The molecule has 1 N–H and O–H groups in total. The third-order valence-electron chi connectivity index (χ3n) is 3.73. The van der Waals surface area contributed by atoms with E-state index >= 15 is 0 Å². The third-order valence-corrected chi connectivity index (χ3v) is 4.08. The maximum Gasteiger partial charge on any atom is 0.219 e. The molecule has 1 saturated heterocycles. The number of halogens is 1. The summed E-state index contributed by atoms with van der Waals surface area (Å²) in [6.07, 6.45) is 0.991. The van der Waals surface area contributed by atoms with Gasteiger partial charge in [0.25, 0.3) is 0 Å². The van der Waals surface area contributed by atoms with Crippen LogP contribution in [0.1, 0.15) is 18.9 Å². The number of nitrogens with zero attached hydrogens (tertiary/aromatic N) is 2. The van der Waals surface area contributed by atoms with Gasteiger partial charge in [0.2, 0.25) is 5.91 Å². The van der Waals surface area contributed by atoms with E-state index in [1.807, 2.05) is 24.1 Å². The molecule has 1 aliphatic rings. The second-order valence-electron chi connectivity index (χ2n) is 5.11. The fourth-order valence-electron chi connectivity index (χ4n) is 2.67. The number of carbonyl (C=O) groups excluding carboxylic acids is 1. The van der Waals surface area contributed by atoms with E-state index < -0.39 is 0 Å². The summed E-state index contributed by atoms with van der Waals surface area (Å²) in [5.41, 5.74) is 2.31. The van der Waals surface area contributed by atoms with Gasteiger partial charge < -0.3 is 15.1 Å². The highest BCUT2D eigenvalue weighted by atomic mass is 35.5. The number of benzene rings is 1. The Bertz CT molecular complexity index is 478. The van der Waals surface area contributed by atoms with Crippen molar-refractivity contribution in [3.63, 3.8) is 0 Å². The number of anilines is 1. The molecule has 0 aromatic heterocycles. The summed E-state index contributed by atoms with van der Waals surface area (Å²) < 4.78 is 0. The highest BCUT2D eigenvalue weighted by molar-refractivity contribution is 6.31. The van der Waals surface area contributed by atoms with E-state index in [1.165, 1.54) is 5.69 Å². The Kier molecular flexibility index (Phi) is 5.26. The molecule has 1 heterocycles. The van der Waals surface area contributed by atoms with Crippen molar-refractivity contribution in [1.82, 2.24) is 10.2 Å². The molecular weight excluding hydrogens is 274 g/mol. The fourth-order valence-corrected chi connectivity index (χ4v) is 2.90. The van der Waals surface area contributed by atoms with Gasteiger partial charge in [0.1, 0.15) is 0 Å². The molecule has 110 valence electrons. The second-order valence-corrected chi connectivity index (χ2v) is 5.52. The Hall–Kier alpha value is -1.26. The smallest absolute Gasteiger partial charge is 0.219 e. The largest absolute Gasteiger partial charge is 0.369 e.